The van der Waals surface area contributed by atoms with Gasteiger partial charge in [0.2, 0.25) is 0 Å². The quantitative estimate of drug-likeness (QED) is 0.812. The minimum atomic E-state index is 0.403. The molecule has 0 aliphatic heterocycles. The van der Waals surface area contributed by atoms with Crippen LogP contribution in [0, 0.1) is 0 Å². The molecule has 0 heterocycles. The van der Waals surface area contributed by atoms with E-state index >= 15 is 0 Å². The second kappa shape index (κ2) is 7.17. The second-order valence-electron chi connectivity index (χ2n) is 4.77. The number of nitrogens with one attached hydrogen (secondary N) is 1. The molecule has 0 saturated heterocycles. The lowest BCUT2D eigenvalue weighted by Gasteiger charge is -2.33. The molecule has 2 atom stereocenters. The monoisotopic (exact) mass is 281 g/mol. The minimum Gasteiger partial charge on any atom is -0.497 e. The highest BCUT2D eigenvalue weighted by Gasteiger charge is 2.28. The summed E-state index contributed by atoms with van der Waals surface area (Å²) < 4.78 is 10.5. The zero-order chi connectivity index (χ0) is 13.7. The molecule has 0 amide bonds. The Hall–Kier alpha value is -0.710. The average molecular weight is 281 g/mol. The lowest BCUT2D eigenvalue weighted by atomic mass is 9.87. The minimum absolute atomic E-state index is 0.403. The van der Waals surface area contributed by atoms with Crippen molar-refractivity contribution in [3.63, 3.8) is 0 Å². The molecular formula is C15H23NO2S. The summed E-state index contributed by atoms with van der Waals surface area (Å²) in [6.45, 7) is 0.822. The van der Waals surface area contributed by atoms with Crippen molar-refractivity contribution in [2.45, 2.75) is 24.1 Å². The van der Waals surface area contributed by atoms with Crippen molar-refractivity contribution < 1.29 is 9.47 Å². The maximum Gasteiger partial charge on any atom is 0.119 e. The molecule has 0 spiro atoms. The summed E-state index contributed by atoms with van der Waals surface area (Å²) in [5, 5.41) is 4.08. The van der Waals surface area contributed by atoms with Crippen molar-refractivity contribution in [1.82, 2.24) is 5.32 Å². The van der Waals surface area contributed by atoms with Crippen LogP contribution in [0.1, 0.15) is 23.6 Å². The Morgan fingerprint density at radius 1 is 1.37 bits per heavy atom. The summed E-state index contributed by atoms with van der Waals surface area (Å²) in [6, 6.07) is 6.85. The van der Waals surface area contributed by atoms with Crippen LogP contribution in [0.15, 0.2) is 18.2 Å². The molecule has 0 radical (unpaired) electrons. The highest BCUT2D eigenvalue weighted by atomic mass is 32.2. The van der Waals surface area contributed by atoms with Crippen LogP contribution in [0.3, 0.4) is 0 Å². The Labute approximate surface area is 120 Å². The van der Waals surface area contributed by atoms with Crippen molar-refractivity contribution in [3.05, 3.63) is 29.3 Å². The number of fused-ring (bicyclic) bond motifs is 1. The van der Waals surface area contributed by atoms with Crippen molar-refractivity contribution in [1.29, 1.82) is 0 Å². The van der Waals surface area contributed by atoms with E-state index in [-0.39, 0.29) is 0 Å². The van der Waals surface area contributed by atoms with Crippen molar-refractivity contribution in [2.24, 2.45) is 0 Å². The topological polar surface area (TPSA) is 30.5 Å². The van der Waals surface area contributed by atoms with Crippen LogP contribution in [0.2, 0.25) is 0 Å². The third-order valence-electron chi connectivity index (χ3n) is 3.69. The van der Waals surface area contributed by atoms with E-state index in [0.717, 1.165) is 24.5 Å². The van der Waals surface area contributed by atoms with Crippen molar-refractivity contribution >= 4 is 11.8 Å². The van der Waals surface area contributed by atoms with E-state index in [0.29, 0.717) is 11.3 Å². The summed E-state index contributed by atoms with van der Waals surface area (Å²) in [4.78, 5) is 0. The van der Waals surface area contributed by atoms with Gasteiger partial charge in [0.15, 0.2) is 0 Å². The largest absolute Gasteiger partial charge is 0.497 e. The number of benzene rings is 1. The van der Waals surface area contributed by atoms with E-state index in [9.17, 15) is 0 Å². The molecule has 0 saturated carbocycles. The number of methoxy groups -OCH3 is 2. The number of aryl methyl sites for hydroxylation is 1. The molecule has 1 aromatic rings. The molecule has 106 valence electrons. The first kappa shape index (κ1) is 14.7. The second-order valence-corrected chi connectivity index (χ2v) is 6.12. The molecule has 4 heteroatoms. The van der Waals surface area contributed by atoms with Crippen LogP contribution in [0.4, 0.5) is 0 Å². The smallest absolute Gasteiger partial charge is 0.119 e. The Bertz CT molecular complexity index is 411. The van der Waals surface area contributed by atoms with Crippen LogP contribution in [0.25, 0.3) is 0 Å². The standard InChI is InChI=1S/C15H23NO2S/c1-16-15-13-10-12(18-3)6-4-11(13)5-7-14(15)19-9-8-17-2/h4,6,10,14-16H,5,7-9H2,1-3H3. The van der Waals surface area contributed by atoms with Gasteiger partial charge in [-0.15, -0.1) is 0 Å². The summed E-state index contributed by atoms with van der Waals surface area (Å²) in [5.41, 5.74) is 2.84. The zero-order valence-corrected chi connectivity index (χ0v) is 12.8. The van der Waals surface area contributed by atoms with E-state index in [4.69, 9.17) is 9.47 Å². The van der Waals surface area contributed by atoms with E-state index < -0.39 is 0 Å². The van der Waals surface area contributed by atoms with Crippen LogP contribution >= 0.6 is 11.8 Å². The predicted octanol–water partition coefficient (Wildman–Crippen LogP) is 2.65. The Morgan fingerprint density at radius 3 is 2.89 bits per heavy atom. The average Bonchev–Trinajstić information content (AvgIpc) is 2.46. The molecular weight excluding hydrogens is 258 g/mol. The molecule has 0 bridgehead atoms. The maximum absolute atomic E-state index is 5.35. The van der Waals surface area contributed by atoms with Gasteiger partial charge in [-0.2, -0.15) is 11.8 Å². The Morgan fingerprint density at radius 2 is 2.21 bits per heavy atom. The molecule has 0 aromatic heterocycles. The Balaban J connectivity index is 2.14. The molecule has 0 fully saturated rings. The molecule has 1 N–H and O–H groups in total. The molecule has 1 aliphatic carbocycles. The third-order valence-corrected chi connectivity index (χ3v) is 5.03. The number of hydrogen-bond donors (Lipinski definition) is 1. The van der Waals surface area contributed by atoms with Gasteiger partial charge in [-0.1, -0.05) is 6.07 Å². The number of ether oxygens (including phenoxy) is 2. The van der Waals surface area contributed by atoms with Gasteiger partial charge in [0, 0.05) is 24.2 Å². The van der Waals surface area contributed by atoms with Crippen molar-refractivity contribution in [2.75, 3.05) is 33.6 Å². The SMILES string of the molecule is CNC1c2cc(OC)ccc2CCC1SCCOC. The highest BCUT2D eigenvalue weighted by molar-refractivity contribution is 7.99. The number of hydrogen-bond acceptors (Lipinski definition) is 4. The first-order valence-electron chi connectivity index (χ1n) is 6.74. The van der Waals surface area contributed by atoms with E-state index in [1.165, 1.54) is 17.5 Å². The molecule has 1 aromatic carbocycles. The Kier molecular flexibility index (Phi) is 5.55. The zero-order valence-electron chi connectivity index (χ0n) is 11.9. The normalized spacial score (nSPS) is 22.1. The van der Waals surface area contributed by atoms with Gasteiger partial charge in [-0.25, -0.2) is 0 Å². The number of rotatable bonds is 6. The van der Waals surface area contributed by atoms with E-state index in [1.807, 2.05) is 18.8 Å². The maximum atomic E-state index is 5.35. The van der Waals surface area contributed by atoms with E-state index in [1.54, 1.807) is 14.2 Å². The molecule has 19 heavy (non-hydrogen) atoms. The van der Waals surface area contributed by atoms with Crippen LogP contribution in [-0.2, 0) is 11.2 Å². The van der Waals surface area contributed by atoms with Gasteiger partial charge >= 0.3 is 0 Å². The van der Waals surface area contributed by atoms with Gasteiger partial charge in [-0.3, -0.25) is 0 Å². The highest BCUT2D eigenvalue weighted by Crippen LogP contribution is 2.38. The predicted molar refractivity (Wildman–Crippen MR) is 81.2 cm³/mol. The molecule has 2 rings (SSSR count). The summed E-state index contributed by atoms with van der Waals surface area (Å²) in [5.74, 6) is 2.00. The van der Waals surface area contributed by atoms with Crippen LogP contribution in [-0.4, -0.2) is 38.9 Å². The molecule has 2 unspecified atom stereocenters. The van der Waals surface area contributed by atoms with Gasteiger partial charge < -0.3 is 14.8 Å². The summed E-state index contributed by atoms with van der Waals surface area (Å²) in [7, 11) is 5.53. The summed E-state index contributed by atoms with van der Waals surface area (Å²) in [6.07, 6.45) is 2.38. The fourth-order valence-electron chi connectivity index (χ4n) is 2.69. The lowest BCUT2D eigenvalue weighted by molar-refractivity contribution is 0.218. The van der Waals surface area contributed by atoms with Crippen molar-refractivity contribution in [3.8, 4) is 5.75 Å². The molecule has 1 aliphatic rings. The van der Waals surface area contributed by atoms with Crippen LogP contribution < -0.4 is 10.1 Å². The van der Waals surface area contributed by atoms with Gasteiger partial charge in [-0.05, 0) is 43.1 Å². The first-order chi connectivity index (χ1) is 9.30. The first-order valence-corrected chi connectivity index (χ1v) is 7.79. The third kappa shape index (κ3) is 3.44. The fourth-order valence-corrected chi connectivity index (χ4v) is 4.01. The van der Waals surface area contributed by atoms with Gasteiger partial charge in [0.05, 0.1) is 13.7 Å². The fraction of sp³-hybridized carbons (Fsp3) is 0.600. The summed E-state index contributed by atoms with van der Waals surface area (Å²) >= 11 is 2.00. The van der Waals surface area contributed by atoms with Gasteiger partial charge in [0.1, 0.15) is 5.75 Å². The van der Waals surface area contributed by atoms with Crippen LogP contribution in [0.5, 0.6) is 5.75 Å². The lowest BCUT2D eigenvalue weighted by Crippen LogP contribution is -2.32. The molecule has 3 nitrogen and oxygen atoms in total. The number of thioether (sulfide) groups is 1. The van der Waals surface area contributed by atoms with E-state index in [2.05, 4.69) is 23.5 Å². The van der Waals surface area contributed by atoms with Gasteiger partial charge in [0.25, 0.3) is 0 Å².